The van der Waals surface area contributed by atoms with Gasteiger partial charge in [-0.25, -0.2) is 4.39 Å². The highest BCUT2D eigenvalue weighted by atomic mass is 32.2. The molecule has 5 heterocycles. The number of alkyl halides is 1. The molecule has 0 radical (unpaired) electrons. The molecule has 4 aliphatic heterocycles. The zero-order valence-corrected chi connectivity index (χ0v) is 26.1. The molecular weight excluding hydrogens is 587 g/mol. The third-order valence-corrected chi connectivity index (χ3v) is 13.0. The summed E-state index contributed by atoms with van der Waals surface area (Å²) in [5, 5.41) is 13.3. The summed E-state index contributed by atoms with van der Waals surface area (Å²) in [5.74, 6) is 4.57. The van der Waals surface area contributed by atoms with E-state index in [0.29, 0.717) is 19.6 Å². The zero-order valence-electron chi connectivity index (χ0n) is 25.3. The van der Waals surface area contributed by atoms with E-state index >= 15 is 0 Å². The predicted molar refractivity (Wildman–Crippen MR) is 177 cm³/mol. The van der Waals surface area contributed by atoms with Gasteiger partial charge in [-0.15, -0.1) is 6.42 Å². The molecule has 0 saturated carbocycles. The normalized spacial score (nSPS) is 26.1. The van der Waals surface area contributed by atoms with E-state index in [1.165, 1.54) is 0 Å². The Bertz CT molecular complexity index is 1880. The minimum Gasteiger partial charge on any atom is -0.508 e. The monoisotopic (exact) mass is 624 g/mol. The van der Waals surface area contributed by atoms with Crippen LogP contribution in [0.5, 0.6) is 11.8 Å². The number of halogens is 1. The highest BCUT2D eigenvalue weighted by molar-refractivity contribution is 7.86. The summed E-state index contributed by atoms with van der Waals surface area (Å²) >= 11 is 0. The summed E-state index contributed by atoms with van der Waals surface area (Å²) in [6, 6.07) is 15.6. The smallest absolute Gasteiger partial charge is 0.319 e. The molecule has 0 aliphatic carbocycles. The van der Waals surface area contributed by atoms with Crippen molar-refractivity contribution in [3.05, 3.63) is 54.1 Å². The Labute approximate surface area is 265 Å². The number of rotatable bonds is 5. The summed E-state index contributed by atoms with van der Waals surface area (Å²) in [6.45, 7) is 3.24. The number of terminal acetylenes is 1. The molecule has 7 nitrogen and oxygen atoms in total. The number of aromatic hydroxyl groups is 1. The first-order chi connectivity index (χ1) is 21.9. The van der Waals surface area contributed by atoms with E-state index in [0.717, 1.165) is 108 Å². The van der Waals surface area contributed by atoms with Gasteiger partial charge in [0, 0.05) is 63.7 Å². The lowest BCUT2D eigenvalue weighted by Gasteiger charge is -2.39. The minimum atomic E-state index is -0.837. The van der Waals surface area contributed by atoms with Crippen LogP contribution >= 0.6 is 0 Å². The molecule has 3 atom stereocenters. The predicted octanol–water partition coefficient (Wildman–Crippen LogP) is 5.97. The van der Waals surface area contributed by atoms with E-state index in [9.17, 15) is 13.7 Å². The number of phenols is 1. The minimum absolute atomic E-state index is 0.0760. The number of phenolic OH excluding ortho intramolecular Hbond substituents is 1. The average molecular weight is 625 g/mol. The third-order valence-electron chi connectivity index (χ3n) is 10.7. The van der Waals surface area contributed by atoms with Crippen LogP contribution in [0, 0.1) is 12.3 Å². The lowest BCUT2D eigenvalue weighted by molar-refractivity contribution is 0.107. The number of fused-ring (bicyclic) bond motifs is 3. The Morgan fingerprint density at radius 1 is 1.07 bits per heavy atom. The number of nitrogens with zero attached hydrogens (tertiary/aromatic N) is 4. The fourth-order valence-corrected chi connectivity index (χ4v) is 10.3. The highest BCUT2D eigenvalue weighted by Gasteiger charge is 2.49. The molecule has 1 spiro atoms. The SMILES string of the molecule is C#Cc1cccc2cc(O)cc(-c3ccc4c(N5CCC6(CCCS6=O)CC5)nc(OC[C@@]56CCCN5C[C@H](F)C6)nc4c3)c12. The second kappa shape index (κ2) is 11.0. The number of ether oxygens (including phenoxy) is 1. The maximum atomic E-state index is 14.5. The average Bonchev–Trinajstić information content (AvgIpc) is 3.70. The van der Waals surface area contributed by atoms with E-state index in [1.54, 1.807) is 12.1 Å². The number of benzene rings is 3. The molecule has 4 fully saturated rings. The van der Waals surface area contributed by atoms with Crippen LogP contribution in [0.4, 0.5) is 10.2 Å². The van der Waals surface area contributed by atoms with E-state index in [2.05, 4.69) is 15.7 Å². The van der Waals surface area contributed by atoms with Crippen LogP contribution in [0.15, 0.2) is 48.5 Å². The van der Waals surface area contributed by atoms with Crippen molar-refractivity contribution in [2.75, 3.05) is 43.4 Å². The lowest BCUT2D eigenvalue weighted by Crippen LogP contribution is -2.45. The van der Waals surface area contributed by atoms with Crippen LogP contribution in [0.2, 0.25) is 0 Å². The molecule has 232 valence electrons. The van der Waals surface area contributed by atoms with E-state index in [-0.39, 0.29) is 22.0 Å². The summed E-state index contributed by atoms with van der Waals surface area (Å²) in [7, 11) is -0.776. The molecule has 0 bridgehead atoms. The molecule has 1 aromatic heterocycles. The Balaban J connectivity index is 1.21. The second-order valence-corrected chi connectivity index (χ2v) is 15.3. The summed E-state index contributed by atoms with van der Waals surface area (Å²) in [6.07, 6.45) is 11.3. The van der Waals surface area contributed by atoms with E-state index in [1.807, 2.05) is 36.4 Å². The molecule has 9 heteroatoms. The van der Waals surface area contributed by atoms with Crippen molar-refractivity contribution in [2.24, 2.45) is 0 Å². The fourth-order valence-electron chi connectivity index (χ4n) is 8.43. The van der Waals surface area contributed by atoms with Crippen molar-refractivity contribution >= 4 is 38.3 Å². The van der Waals surface area contributed by atoms with Gasteiger partial charge < -0.3 is 14.7 Å². The van der Waals surface area contributed by atoms with Gasteiger partial charge in [-0.05, 0) is 91.9 Å². The molecule has 4 aromatic rings. The first-order valence-corrected chi connectivity index (χ1v) is 17.4. The topological polar surface area (TPSA) is 78.8 Å². The molecule has 3 aromatic carbocycles. The Morgan fingerprint density at radius 3 is 2.73 bits per heavy atom. The van der Waals surface area contributed by atoms with Crippen molar-refractivity contribution in [1.29, 1.82) is 0 Å². The van der Waals surface area contributed by atoms with E-state index in [4.69, 9.17) is 21.1 Å². The van der Waals surface area contributed by atoms with Crippen molar-refractivity contribution in [3.8, 4) is 35.2 Å². The van der Waals surface area contributed by atoms with Gasteiger partial charge >= 0.3 is 6.01 Å². The number of piperidine rings is 1. The summed E-state index contributed by atoms with van der Waals surface area (Å²) < 4.78 is 33.7. The fraction of sp³-hybridized carbons (Fsp3) is 0.444. The molecule has 45 heavy (non-hydrogen) atoms. The molecule has 1 unspecified atom stereocenters. The molecule has 4 aliphatic rings. The van der Waals surface area contributed by atoms with Crippen LogP contribution in [0.3, 0.4) is 0 Å². The van der Waals surface area contributed by atoms with Crippen LogP contribution in [0.25, 0.3) is 32.8 Å². The maximum absolute atomic E-state index is 14.5. The van der Waals surface area contributed by atoms with Crippen molar-refractivity contribution in [1.82, 2.24) is 14.9 Å². The van der Waals surface area contributed by atoms with Crippen molar-refractivity contribution < 1.29 is 18.4 Å². The maximum Gasteiger partial charge on any atom is 0.319 e. The van der Waals surface area contributed by atoms with Gasteiger partial charge in [-0.1, -0.05) is 24.1 Å². The second-order valence-electron chi connectivity index (χ2n) is 13.3. The van der Waals surface area contributed by atoms with Gasteiger partial charge in [0.1, 0.15) is 24.3 Å². The van der Waals surface area contributed by atoms with Gasteiger partial charge in [0.05, 0.1) is 11.1 Å². The quantitative estimate of drug-likeness (QED) is 0.274. The highest BCUT2D eigenvalue weighted by Crippen LogP contribution is 2.43. The number of aromatic nitrogens is 2. The number of anilines is 1. The summed E-state index contributed by atoms with van der Waals surface area (Å²) in [4.78, 5) is 14.4. The molecule has 8 rings (SSSR count). The molecule has 0 amide bonds. The number of hydrogen-bond acceptors (Lipinski definition) is 7. The standard InChI is InChI=1S/C36H37FN4O3S/c1-2-24-6-3-7-26-18-28(42)20-30(32(24)26)25-8-9-29-31(19-25)38-34(44-23-35-10-4-14-41(35)22-27(37)21-35)39-33(29)40-15-12-36(13-16-40)11-5-17-45(36)43/h1,3,6-9,18-20,27,42H,4-5,10-17,21-23H2/t27-,35+,45?/m1/s1. The molecule has 1 N–H and O–H groups in total. The van der Waals surface area contributed by atoms with Gasteiger partial charge in [0.25, 0.3) is 0 Å². The van der Waals surface area contributed by atoms with Crippen LogP contribution < -0.4 is 9.64 Å². The first kappa shape index (κ1) is 28.7. The van der Waals surface area contributed by atoms with Crippen LogP contribution in [0.1, 0.15) is 50.5 Å². The molecular formula is C36H37FN4O3S. The Morgan fingerprint density at radius 2 is 1.93 bits per heavy atom. The van der Waals surface area contributed by atoms with Crippen LogP contribution in [-0.2, 0) is 10.8 Å². The van der Waals surface area contributed by atoms with Gasteiger partial charge in [0.15, 0.2) is 0 Å². The lowest BCUT2D eigenvalue weighted by atomic mass is 9.91. The largest absolute Gasteiger partial charge is 0.508 e. The van der Waals surface area contributed by atoms with Gasteiger partial charge in [-0.2, -0.15) is 9.97 Å². The Hall–Kier alpha value is -3.74. The summed E-state index contributed by atoms with van der Waals surface area (Å²) in [5.41, 5.74) is 2.87. The third kappa shape index (κ3) is 4.85. The first-order valence-electron chi connectivity index (χ1n) is 16.1. The molecule has 4 saturated heterocycles. The van der Waals surface area contributed by atoms with Crippen molar-refractivity contribution in [2.45, 2.75) is 61.4 Å². The number of hydrogen-bond donors (Lipinski definition) is 1. The Kier molecular flexibility index (Phi) is 6.99. The van der Waals surface area contributed by atoms with Crippen molar-refractivity contribution in [3.63, 3.8) is 0 Å². The van der Waals surface area contributed by atoms with E-state index < -0.39 is 17.0 Å². The van der Waals surface area contributed by atoms with Gasteiger partial charge in [0.2, 0.25) is 0 Å². The van der Waals surface area contributed by atoms with Crippen LogP contribution in [-0.4, -0.2) is 79.2 Å². The van der Waals surface area contributed by atoms with Gasteiger partial charge in [-0.3, -0.25) is 9.11 Å². The zero-order chi connectivity index (χ0) is 30.8.